The summed E-state index contributed by atoms with van der Waals surface area (Å²) in [4.78, 5) is 25.7. The third-order valence-electron chi connectivity index (χ3n) is 5.64. The minimum Gasteiger partial charge on any atom is -0.353 e. The van der Waals surface area contributed by atoms with Crippen LogP contribution in [0.25, 0.3) is 0 Å². The smallest absolute Gasteiger partial charge is 0.321 e. The highest BCUT2D eigenvalue weighted by atomic mass is 35.5. The minimum absolute atomic E-state index is 0.216. The quantitative estimate of drug-likeness (QED) is 0.583. The van der Waals surface area contributed by atoms with Gasteiger partial charge in [0, 0.05) is 60.6 Å². The van der Waals surface area contributed by atoms with E-state index in [9.17, 15) is 13.6 Å². The van der Waals surface area contributed by atoms with Crippen LogP contribution in [-0.4, -0.2) is 47.1 Å². The number of nitrogens with one attached hydrogen (secondary N) is 1. The number of amides is 2. The number of aryl methyl sites for hydroxylation is 2. The molecule has 33 heavy (non-hydrogen) atoms. The van der Waals surface area contributed by atoms with Gasteiger partial charge in [-0.15, -0.1) is 0 Å². The standard InChI is InChI=1S/C24H24ClF2N5O/c1-15-20(13-17-3-5-18(25)6-4-17)23(29-16(2)28-15)31-9-11-32(12-10-31)24(33)30-19-7-8-21(26)22(27)14-19/h3-8,14H,9-13H2,1-2H3,(H,30,33). The molecule has 1 saturated heterocycles. The summed E-state index contributed by atoms with van der Waals surface area (Å²) < 4.78 is 26.5. The summed E-state index contributed by atoms with van der Waals surface area (Å²) >= 11 is 6.02. The van der Waals surface area contributed by atoms with Gasteiger partial charge in [-0.05, 0) is 43.7 Å². The second-order valence-electron chi connectivity index (χ2n) is 7.99. The minimum atomic E-state index is -1.000. The van der Waals surface area contributed by atoms with E-state index in [4.69, 9.17) is 16.6 Å². The molecule has 0 radical (unpaired) electrons. The molecule has 1 aliphatic rings. The third-order valence-corrected chi connectivity index (χ3v) is 5.89. The highest BCUT2D eigenvalue weighted by molar-refractivity contribution is 6.30. The highest BCUT2D eigenvalue weighted by Crippen LogP contribution is 2.26. The van der Waals surface area contributed by atoms with Gasteiger partial charge in [0.05, 0.1) is 0 Å². The molecule has 1 aliphatic heterocycles. The van der Waals surface area contributed by atoms with E-state index in [2.05, 4.69) is 15.2 Å². The third kappa shape index (κ3) is 5.39. The normalized spacial score (nSPS) is 13.8. The Hall–Kier alpha value is -3.26. The van der Waals surface area contributed by atoms with E-state index in [1.54, 1.807) is 4.90 Å². The zero-order valence-electron chi connectivity index (χ0n) is 18.4. The van der Waals surface area contributed by atoms with Crippen LogP contribution in [0.5, 0.6) is 0 Å². The van der Waals surface area contributed by atoms with Crippen molar-refractivity contribution in [1.29, 1.82) is 0 Å². The lowest BCUT2D eigenvalue weighted by Gasteiger charge is -2.36. The topological polar surface area (TPSA) is 61.4 Å². The van der Waals surface area contributed by atoms with Crippen molar-refractivity contribution in [3.63, 3.8) is 0 Å². The van der Waals surface area contributed by atoms with Gasteiger partial charge in [0.2, 0.25) is 0 Å². The molecule has 2 aromatic carbocycles. The summed E-state index contributed by atoms with van der Waals surface area (Å²) in [6.07, 6.45) is 0.676. The van der Waals surface area contributed by atoms with Crippen molar-refractivity contribution >= 4 is 29.1 Å². The molecular formula is C24H24ClF2N5O. The van der Waals surface area contributed by atoms with Gasteiger partial charge in [-0.25, -0.2) is 23.5 Å². The number of rotatable bonds is 4. The first-order chi connectivity index (χ1) is 15.8. The number of anilines is 2. The molecule has 172 valence electrons. The SMILES string of the molecule is Cc1nc(C)c(Cc2ccc(Cl)cc2)c(N2CCN(C(=O)Nc3ccc(F)c(F)c3)CC2)n1. The van der Waals surface area contributed by atoms with Crippen LogP contribution in [-0.2, 0) is 6.42 Å². The maximum atomic E-state index is 13.4. The molecule has 3 aromatic rings. The molecule has 9 heteroatoms. The fourth-order valence-corrected chi connectivity index (χ4v) is 4.02. The highest BCUT2D eigenvalue weighted by Gasteiger charge is 2.25. The van der Waals surface area contributed by atoms with Crippen molar-refractivity contribution in [2.24, 2.45) is 0 Å². The molecule has 0 bridgehead atoms. The van der Waals surface area contributed by atoms with Crippen LogP contribution in [0.1, 0.15) is 22.6 Å². The van der Waals surface area contributed by atoms with Gasteiger partial charge in [0.15, 0.2) is 11.6 Å². The van der Waals surface area contributed by atoms with Gasteiger partial charge in [-0.1, -0.05) is 23.7 Å². The monoisotopic (exact) mass is 471 g/mol. The summed E-state index contributed by atoms with van der Waals surface area (Å²) in [7, 11) is 0. The van der Waals surface area contributed by atoms with Crippen molar-refractivity contribution < 1.29 is 13.6 Å². The summed E-state index contributed by atoms with van der Waals surface area (Å²) in [6.45, 7) is 5.97. The Morgan fingerprint density at radius 2 is 1.70 bits per heavy atom. The molecule has 1 N–H and O–H groups in total. The number of benzene rings is 2. The van der Waals surface area contributed by atoms with Crippen molar-refractivity contribution in [1.82, 2.24) is 14.9 Å². The maximum Gasteiger partial charge on any atom is 0.321 e. The Bertz CT molecular complexity index is 1160. The van der Waals surface area contributed by atoms with Gasteiger partial charge in [0.25, 0.3) is 0 Å². The van der Waals surface area contributed by atoms with Gasteiger partial charge >= 0.3 is 6.03 Å². The first kappa shape index (κ1) is 22.9. The maximum absolute atomic E-state index is 13.4. The van der Waals surface area contributed by atoms with Crippen LogP contribution in [0.2, 0.25) is 5.02 Å². The van der Waals surface area contributed by atoms with E-state index in [0.717, 1.165) is 34.8 Å². The molecule has 6 nitrogen and oxygen atoms in total. The Kier molecular flexibility index (Phi) is 6.74. The first-order valence-corrected chi connectivity index (χ1v) is 11.0. The van der Waals surface area contributed by atoms with Crippen LogP contribution < -0.4 is 10.2 Å². The van der Waals surface area contributed by atoms with Gasteiger partial charge in [-0.3, -0.25) is 0 Å². The molecule has 1 aromatic heterocycles. The van der Waals surface area contributed by atoms with Crippen LogP contribution in [0.4, 0.5) is 25.1 Å². The van der Waals surface area contributed by atoms with E-state index in [-0.39, 0.29) is 11.7 Å². The molecule has 0 saturated carbocycles. The fourth-order valence-electron chi connectivity index (χ4n) is 3.89. The number of halogens is 3. The first-order valence-electron chi connectivity index (χ1n) is 10.6. The van der Waals surface area contributed by atoms with Gasteiger partial charge in [-0.2, -0.15) is 0 Å². The van der Waals surface area contributed by atoms with Gasteiger partial charge < -0.3 is 15.1 Å². The lowest BCUT2D eigenvalue weighted by atomic mass is 10.0. The zero-order valence-corrected chi connectivity index (χ0v) is 19.2. The lowest BCUT2D eigenvalue weighted by Crippen LogP contribution is -2.50. The van der Waals surface area contributed by atoms with Crippen LogP contribution >= 0.6 is 11.6 Å². The predicted molar refractivity (Wildman–Crippen MR) is 125 cm³/mol. The number of urea groups is 1. The van der Waals surface area contributed by atoms with Crippen molar-refractivity contribution in [2.75, 3.05) is 36.4 Å². The Balaban J connectivity index is 1.46. The average molecular weight is 472 g/mol. The number of piperazine rings is 1. The van der Waals surface area contributed by atoms with E-state index in [1.807, 2.05) is 38.1 Å². The summed E-state index contributed by atoms with van der Waals surface area (Å²) in [6, 6.07) is 10.7. The fraction of sp³-hybridized carbons (Fsp3) is 0.292. The van der Waals surface area contributed by atoms with E-state index in [0.29, 0.717) is 43.4 Å². The molecule has 4 rings (SSSR count). The Labute approximate surface area is 196 Å². The zero-order chi connectivity index (χ0) is 23.5. The number of hydrogen-bond donors (Lipinski definition) is 1. The number of carbonyl (C=O) groups excluding carboxylic acids is 1. The molecular weight excluding hydrogens is 448 g/mol. The van der Waals surface area contributed by atoms with E-state index in [1.165, 1.54) is 6.07 Å². The lowest BCUT2D eigenvalue weighted by molar-refractivity contribution is 0.208. The molecule has 0 unspecified atom stereocenters. The summed E-state index contributed by atoms with van der Waals surface area (Å²) in [5.41, 5.74) is 3.29. The van der Waals surface area contributed by atoms with Crippen molar-refractivity contribution in [3.05, 3.63) is 81.8 Å². The summed E-state index contributed by atoms with van der Waals surface area (Å²) in [5, 5.41) is 3.32. The molecule has 2 amide bonds. The number of carbonyl (C=O) groups is 1. The molecule has 0 spiro atoms. The van der Waals surface area contributed by atoms with Crippen molar-refractivity contribution in [2.45, 2.75) is 20.3 Å². The number of nitrogens with zero attached hydrogens (tertiary/aromatic N) is 4. The Morgan fingerprint density at radius 3 is 2.36 bits per heavy atom. The van der Waals surface area contributed by atoms with Crippen LogP contribution in [0, 0.1) is 25.5 Å². The molecule has 0 atom stereocenters. The molecule has 1 fully saturated rings. The van der Waals surface area contributed by atoms with Gasteiger partial charge in [0.1, 0.15) is 11.6 Å². The van der Waals surface area contributed by atoms with E-state index >= 15 is 0 Å². The molecule has 2 heterocycles. The second kappa shape index (κ2) is 9.70. The largest absolute Gasteiger partial charge is 0.353 e. The van der Waals surface area contributed by atoms with Crippen molar-refractivity contribution in [3.8, 4) is 0 Å². The average Bonchev–Trinajstić information content (AvgIpc) is 2.79. The Morgan fingerprint density at radius 1 is 1.00 bits per heavy atom. The summed E-state index contributed by atoms with van der Waals surface area (Å²) in [5.74, 6) is -0.386. The predicted octanol–water partition coefficient (Wildman–Crippen LogP) is 4.97. The number of hydrogen-bond acceptors (Lipinski definition) is 4. The number of aromatic nitrogens is 2. The molecule has 0 aliphatic carbocycles. The second-order valence-corrected chi connectivity index (χ2v) is 8.43. The van der Waals surface area contributed by atoms with E-state index < -0.39 is 11.6 Å². The van der Waals surface area contributed by atoms with Crippen LogP contribution in [0.15, 0.2) is 42.5 Å². The van der Waals surface area contributed by atoms with Crippen LogP contribution in [0.3, 0.4) is 0 Å².